The zero-order valence-corrected chi connectivity index (χ0v) is 8.65. The van der Waals surface area contributed by atoms with Crippen LogP contribution in [-0.4, -0.2) is 17.9 Å². The molecule has 0 amide bonds. The minimum absolute atomic E-state index is 0.101. The second kappa shape index (κ2) is 3.42. The highest BCUT2D eigenvalue weighted by atomic mass is 35.5. The van der Waals surface area contributed by atoms with Gasteiger partial charge in [0.25, 0.3) is 0 Å². The van der Waals surface area contributed by atoms with E-state index in [9.17, 15) is 13.2 Å². The molecule has 0 aliphatic heterocycles. The van der Waals surface area contributed by atoms with Crippen LogP contribution in [0, 0.1) is 17.3 Å². The maximum atomic E-state index is 12.1. The van der Waals surface area contributed by atoms with Crippen LogP contribution in [0.25, 0.3) is 0 Å². The zero-order valence-electron chi connectivity index (χ0n) is 7.90. The molecule has 1 N–H and O–H groups in total. The van der Waals surface area contributed by atoms with Gasteiger partial charge in [0.1, 0.15) is 5.03 Å². The van der Waals surface area contributed by atoms with E-state index in [0.717, 1.165) is 6.08 Å². The summed E-state index contributed by atoms with van der Waals surface area (Å²) < 4.78 is 36.2. The van der Waals surface area contributed by atoms with Crippen molar-refractivity contribution in [1.29, 1.82) is 0 Å². The Kier molecular flexibility index (Phi) is 2.89. The molecule has 1 rings (SSSR count). The normalized spacial score (nSPS) is 31.8. The molecule has 1 saturated carbocycles. The topological polar surface area (TPSA) is 20.2 Å². The van der Waals surface area contributed by atoms with Gasteiger partial charge >= 0.3 is 6.18 Å². The number of rotatable bonds is 2. The Morgan fingerprint density at radius 2 is 2.00 bits per heavy atom. The number of halogens is 4. The maximum Gasteiger partial charge on any atom is 0.426 e. The van der Waals surface area contributed by atoms with E-state index >= 15 is 0 Å². The maximum absolute atomic E-state index is 12.1. The summed E-state index contributed by atoms with van der Waals surface area (Å²) in [6.07, 6.45) is -3.47. The lowest BCUT2D eigenvalue weighted by molar-refractivity contribution is -0.0848. The number of aliphatic hydroxyl groups is 1. The van der Waals surface area contributed by atoms with Gasteiger partial charge < -0.3 is 5.11 Å². The van der Waals surface area contributed by atoms with Gasteiger partial charge in [-0.2, -0.15) is 13.2 Å². The lowest BCUT2D eigenvalue weighted by Gasteiger charge is -2.04. The summed E-state index contributed by atoms with van der Waals surface area (Å²) in [5.74, 6) is -0.389. The highest BCUT2D eigenvalue weighted by molar-refractivity contribution is 6.30. The van der Waals surface area contributed by atoms with Crippen LogP contribution in [0.5, 0.6) is 0 Å². The fourth-order valence-corrected chi connectivity index (χ4v) is 1.85. The van der Waals surface area contributed by atoms with Crippen molar-refractivity contribution in [2.75, 3.05) is 6.61 Å². The first-order valence-electron chi connectivity index (χ1n) is 4.26. The Labute approximate surface area is 85.6 Å². The van der Waals surface area contributed by atoms with Crippen molar-refractivity contribution in [2.24, 2.45) is 17.3 Å². The summed E-state index contributed by atoms with van der Waals surface area (Å²) in [7, 11) is 0. The number of aliphatic hydroxyl groups excluding tert-OH is 1. The van der Waals surface area contributed by atoms with E-state index in [-0.39, 0.29) is 23.9 Å². The lowest BCUT2D eigenvalue weighted by atomic mass is 10.1. The second-order valence-electron chi connectivity index (χ2n) is 4.15. The Hall–Kier alpha value is -0.220. The van der Waals surface area contributed by atoms with Crippen LogP contribution >= 0.6 is 11.6 Å². The fraction of sp³-hybridized carbons (Fsp3) is 0.778. The molecule has 0 aromatic carbocycles. The van der Waals surface area contributed by atoms with Gasteiger partial charge in [-0.25, -0.2) is 0 Å². The van der Waals surface area contributed by atoms with Crippen LogP contribution in [-0.2, 0) is 0 Å². The molecular weight excluding hydrogens is 217 g/mol. The monoisotopic (exact) mass is 228 g/mol. The van der Waals surface area contributed by atoms with Gasteiger partial charge in [-0.3, -0.25) is 0 Å². The molecule has 0 heterocycles. The Morgan fingerprint density at radius 1 is 1.50 bits per heavy atom. The molecule has 1 aliphatic carbocycles. The van der Waals surface area contributed by atoms with E-state index in [1.807, 2.05) is 13.8 Å². The van der Waals surface area contributed by atoms with Crippen molar-refractivity contribution < 1.29 is 18.3 Å². The van der Waals surface area contributed by atoms with E-state index < -0.39 is 11.2 Å². The van der Waals surface area contributed by atoms with Gasteiger partial charge in [-0.15, -0.1) is 0 Å². The minimum atomic E-state index is -4.47. The van der Waals surface area contributed by atoms with Crippen LogP contribution in [0.1, 0.15) is 13.8 Å². The van der Waals surface area contributed by atoms with E-state index in [0.29, 0.717) is 0 Å². The number of hydrogen-bond donors (Lipinski definition) is 1. The van der Waals surface area contributed by atoms with Crippen molar-refractivity contribution in [3.8, 4) is 0 Å². The van der Waals surface area contributed by atoms with E-state index in [1.54, 1.807) is 0 Å². The van der Waals surface area contributed by atoms with Crippen molar-refractivity contribution in [1.82, 2.24) is 0 Å². The average molecular weight is 229 g/mol. The molecule has 82 valence electrons. The average Bonchev–Trinajstić information content (AvgIpc) is 2.51. The summed E-state index contributed by atoms with van der Waals surface area (Å²) in [6, 6.07) is 0. The highest BCUT2D eigenvalue weighted by Crippen LogP contribution is 2.59. The molecule has 0 saturated heterocycles. The minimum Gasteiger partial charge on any atom is -0.396 e. The van der Waals surface area contributed by atoms with Crippen LogP contribution < -0.4 is 0 Å². The summed E-state index contributed by atoms with van der Waals surface area (Å²) >= 11 is 5.10. The van der Waals surface area contributed by atoms with E-state index in [4.69, 9.17) is 16.7 Å². The first kappa shape index (κ1) is 11.9. The zero-order chi connectivity index (χ0) is 11.1. The molecule has 0 unspecified atom stereocenters. The van der Waals surface area contributed by atoms with Crippen molar-refractivity contribution in [2.45, 2.75) is 20.0 Å². The first-order chi connectivity index (χ1) is 6.21. The quantitative estimate of drug-likeness (QED) is 0.771. The molecule has 0 aromatic rings. The molecule has 14 heavy (non-hydrogen) atoms. The molecule has 0 bridgehead atoms. The van der Waals surface area contributed by atoms with Gasteiger partial charge in [0.15, 0.2) is 0 Å². The summed E-state index contributed by atoms with van der Waals surface area (Å²) in [5, 5.41) is 7.78. The third kappa shape index (κ3) is 2.06. The molecule has 0 radical (unpaired) electrons. The van der Waals surface area contributed by atoms with E-state index in [1.165, 1.54) is 0 Å². The molecule has 5 heteroatoms. The van der Waals surface area contributed by atoms with Crippen LogP contribution in [0.2, 0.25) is 0 Å². The first-order valence-corrected chi connectivity index (χ1v) is 4.64. The van der Waals surface area contributed by atoms with Crippen LogP contribution in [0.4, 0.5) is 13.2 Å². The second-order valence-corrected chi connectivity index (χ2v) is 4.56. The number of alkyl halides is 3. The predicted molar refractivity (Wildman–Crippen MR) is 47.8 cm³/mol. The molecular formula is C9H12ClF3O. The van der Waals surface area contributed by atoms with Gasteiger partial charge in [-0.05, 0) is 17.3 Å². The molecule has 1 nitrogen and oxygen atoms in total. The number of hydrogen-bond acceptors (Lipinski definition) is 1. The standard InChI is InChI=1S/C9H12ClF3O/c1-8(2)5(6(8)4-14)3-7(10)9(11,12)13/h3,5-6,14H,4H2,1-2H3/b7-3-/t5-,6+/m0/s1. The number of allylic oxidation sites excluding steroid dienone is 2. The largest absolute Gasteiger partial charge is 0.426 e. The highest BCUT2D eigenvalue weighted by Gasteiger charge is 2.56. The Balaban J connectivity index is 2.72. The van der Waals surface area contributed by atoms with Crippen LogP contribution in [0.15, 0.2) is 11.1 Å². The van der Waals surface area contributed by atoms with Gasteiger partial charge in [0.05, 0.1) is 0 Å². The third-order valence-electron chi connectivity index (χ3n) is 2.93. The van der Waals surface area contributed by atoms with Gasteiger partial charge in [-0.1, -0.05) is 31.5 Å². The molecule has 0 spiro atoms. The summed E-state index contributed by atoms with van der Waals surface area (Å²) in [6.45, 7) is 3.53. The molecule has 0 aromatic heterocycles. The fourth-order valence-electron chi connectivity index (χ4n) is 1.72. The van der Waals surface area contributed by atoms with Crippen molar-refractivity contribution >= 4 is 11.6 Å². The SMILES string of the molecule is CC1(C)[C@H](CO)[C@@H]1/C=C(\Cl)C(F)(F)F. The summed E-state index contributed by atoms with van der Waals surface area (Å²) in [4.78, 5) is 0. The molecule has 1 fully saturated rings. The van der Waals surface area contributed by atoms with Crippen molar-refractivity contribution in [3.05, 3.63) is 11.1 Å². The van der Waals surface area contributed by atoms with E-state index in [2.05, 4.69) is 0 Å². The lowest BCUT2D eigenvalue weighted by Crippen LogP contribution is -2.07. The summed E-state index contributed by atoms with van der Waals surface area (Å²) in [5.41, 5.74) is -0.278. The predicted octanol–water partition coefficient (Wildman–Crippen LogP) is 2.94. The Bertz CT molecular complexity index is 257. The van der Waals surface area contributed by atoms with Crippen LogP contribution in [0.3, 0.4) is 0 Å². The van der Waals surface area contributed by atoms with Gasteiger partial charge in [0.2, 0.25) is 0 Å². The smallest absolute Gasteiger partial charge is 0.396 e. The molecule has 2 atom stereocenters. The van der Waals surface area contributed by atoms with Gasteiger partial charge in [0, 0.05) is 6.61 Å². The molecule has 1 aliphatic rings. The third-order valence-corrected chi connectivity index (χ3v) is 3.27. The Morgan fingerprint density at radius 3 is 2.29 bits per heavy atom. The van der Waals surface area contributed by atoms with Crippen molar-refractivity contribution in [3.63, 3.8) is 0 Å².